The van der Waals surface area contributed by atoms with Crippen molar-refractivity contribution in [2.75, 3.05) is 19.6 Å². The molecule has 0 aliphatic heterocycles. The molecule has 0 fully saturated rings. The number of guanidine groups is 1. The van der Waals surface area contributed by atoms with E-state index in [-0.39, 0.29) is 0 Å². The fourth-order valence-electron chi connectivity index (χ4n) is 2.21. The third-order valence-corrected chi connectivity index (χ3v) is 4.13. The predicted molar refractivity (Wildman–Crippen MR) is 95.9 cm³/mol. The number of thiazole rings is 1. The number of hydrogen-bond acceptors (Lipinski definition) is 4. The van der Waals surface area contributed by atoms with E-state index in [1.165, 1.54) is 0 Å². The van der Waals surface area contributed by atoms with Crippen molar-refractivity contribution in [3.05, 3.63) is 34.5 Å². The molecule has 2 aromatic rings. The largest absolute Gasteiger partial charge is 0.357 e. The maximum Gasteiger partial charge on any atom is 0.191 e. The quantitative estimate of drug-likeness (QED) is 0.573. The maximum absolute atomic E-state index is 4.67. The van der Waals surface area contributed by atoms with Gasteiger partial charge in [-0.2, -0.15) is 5.10 Å². The van der Waals surface area contributed by atoms with E-state index in [1.807, 2.05) is 30.1 Å². The highest BCUT2D eigenvalue weighted by molar-refractivity contribution is 7.09. The molecule has 1 unspecified atom stereocenters. The van der Waals surface area contributed by atoms with Crippen molar-refractivity contribution in [3.8, 4) is 0 Å². The molecule has 6 nitrogen and oxygen atoms in total. The van der Waals surface area contributed by atoms with Crippen LogP contribution in [0.1, 0.15) is 24.5 Å². The Hall–Kier alpha value is -1.89. The Morgan fingerprint density at radius 2 is 2.30 bits per heavy atom. The summed E-state index contributed by atoms with van der Waals surface area (Å²) in [5, 5.41) is 14.1. The van der Waals surface area contributed by atoms with Crippen LogP contribution in [-0.4, -0.2) is 40.4 Å². The second-order valence-corrected chi connectivity index (χ2v) is 6.65. The van der Waals surface area contributed by atoms with Crippen molar-refractivity contribution in [1.29, 1.82) is 0 Å². The normalized spacial score (nSPS) is 13.1. The summed E-state index contributed by atoms with van der Waals surface area (Å²) in [6.07, 6.45) is 4.71. The molecule has 0 aliphatic rings. The number of aliphatic imine (C=N–C) groups is 1. The Morgan fingerprint density at radius 1 is 1.43 bits per heavy atom. The first-order chi connectivity index (χ1) is 11.2. The average molecular weight is 334 g/mol. The minimum Gasteiger partial charge on any atom is -0.357 e. The molecule has 126 valence electrons. The van der Waals surface area contributed by atoms with Gasteiger partial charge in [0, 0.05) is 50.4 Å². The lowest BCUT2D eigenvalue weighted by Crippen LogP contribution is -2.38. The highest BCUT2D eigenvalue weighted by Crippen LogP contribution is 2.07. The lowest BCUT2D eigenvalue weighted by Gasteiger charge is -2.13. The van der Waals surface area contributed by atoms with E-state index in [0.717, 1.165) is 49.3 Å². The summed E-state index contributed by atoms with van der Waals surface area (Å²) < 4.78 is 1.95. The lowest BCUT2D eigenvalue weighted by molar-refractivity contribution is 0.458. The van der Waals surface area contributed by atoms with Crippen LogP contribution in [-0.2, 0) is 13.0 Å². The molecular weight excluding hydrogens is 308 g/mol. The van der Waals surface area contributed by atoms with Gasteiger partial charge in [-0.1, -0.05) is 6.92 Å². The van der Waals surface area contributed by atoms with Gasteiger partial charge in [0.05, 0.1) is 10.7 Å². The molecule has 0 aromatic carbocycles. The van der Waals surface area contributed by atoms with Crippen molar-refractivity contribution < 1.29 is 0 Å². The maximum atomic E-state index is 4.67. The smallest absolute Gasteiger partial charge is 0.191 e. The molecule has 2 aromatic heterocycles. The van der Waals surface area contributed by atoms with Crippen LogP contribution in [0.4, 0.5) is 0 Å². The average Bonchev–Trinajstić information content (AvgIpc) is 3.16. The molecule has 23 heavy (non-hydrogen) atoms. The molecule has 0 amide bonds. The third-order valence-electron chi connectivity index (χ3n) is 3.30. The SMILES string of the molecule is CCNC(=NCC(C)Cn1cccn1)NCCc1csc(C)n1. The second kappa shape index (κ2) is 9.29. The van der Waals surface area contributed by atoms with Gasteiger partial charge in [0.25, 0.3) is 0 Å². The van der Waals surface area contributed by atoms with Gasteiger partial charge in [-0.25, -0.2) is 4.98 Å². The number of nitrogens with one attached hydrogen (secondary N) is 2. The van der Waals surface area contributed by atoms with Gasteiger partial charge in [-0.15, -0.1) is 11.3 Å². The predicted octanol–water partition coefficient (Wildman–Crippen LogP) is 2.08. The van der Waals surface area contributed by atoms with E-state index in [9.17, 15) is 0 Å². The summed E-state index contributed by atoms with van der Waals surface area (Å²) in [6.45, 7) is 9.64. The fourth-order valence-corrected chi connectivity index (χ4v) is 2.85. The van der Waals surface area contributed by atoms with Gasteiger partial charge in [-0.3, -0.25) is 9.67 Å². The highest BCUT2D eigenvalue weighted by Gasteiger charge is 2.05. The molecule has 0 spiro atoms. The molecular formula is C16H26N6S. The molecule has 7 heteroatoms. The van der Waals surface area contributed by atoms with Gasteiger partial charge >= 0.3 is 0 Å². The summed E-state index contributed by atoms with van der Waals surface area (Å²) in [5.41, 5.74) is 1.14. The van der Waals surface area contributed by atoms with Gasteiger partial charge in [0.2, 0.25) is 0 Å². The lowest BCUT2D eigenvalue weighted by atomic mass is 10.2. The molecule has 2 N–H and O–H groups in total. The van der Waals surface area contributed by atoms with Crippen LogP contribution in [0.15, 0.2) is 28.8 Å². The monoisotopic (exact) mass is 334 g/mol. The van der Waals surface area contributed by atoms with Crippen LogP contribution in [0.2, 0.25) is 0 Å². The number of rotatable bonds is 8. The van der Waals surface area contributed by atoms with Crippen LogP contribution in [0, 0.1) is 12.8 Å². The molecule has 0 saturated carbocycles. The topological polar surface area (TPSA) is 67.1 Å². The summed E-state index contributed by atoms with van der Waals surface area (Å²) >= 11 is 1.70. The molecule has 1 atom stereocenters. The van der Waals surface area contributed by atoms with Crippen molar-refractivity contribution in [2.45, 2.75) is 33.7 Å². The zero-order valence-corrected chi connectivity index (χ0v) is 14.9. The number of aryl methyl sites for hydroxylation is 1. The van der Waals surface area contributed by atoms with Crippen LogP contribution < -0.4 is 10.6 Å². The first-order valence-corrected chi connectivity index (χ1v) is 8.96. The van der Waals surface area contributed by atoms with Crippen molar-refractivity contribution in [2.24, 2.45) is 10.9 Å². The molecule has 2 rings (SSSR count). The Labute approximate surface area is 142 Å². The van der Waals surface area contributed by atoms with E-state index < -0.39 is 0 Å². The third kappa shape index (κ3) is 6.40. The molecule has 0 saturated heterocycles. The summed E-state index contributed by atoms with van der Waals surface area (Å²) in [4.78, 5) is 9.14. The van der Waals surface area contributed by atoms with E-state index in [0.29, 0.717) is 5.92 Å². The van der Waals surface area contributed by atoms with Crippen LogP contribution in [0.3, 0.4) is 0 Å². The van der Waals surface area contributed by atoms with Gasteiger partial charge in [-0.05, 0) is 25.8 Å². The Balaban J connectivity index is 1.76. The van der Waals surface area contributed by atoms with E-state index in [4.69, 9.17) is 0 Å². The Kier molecular flexibility index (Phi) is 7.06. The van der Waals surface area contributed by atoms with E-state index in [2.05, 4.69) is 44.9 Å². The molecule has 0 aliphatic carbocycles. The Bertz CT molecular complexity index is 589. The van der Waals surface area contributed by atoms with Gasteiger partial charge in [0.15, 0.2) is 5.96 Å². The molecule has 2 heterocycles. The molecule has 0 bridgehead atoms. The highest BCUT2D eigenvalue weighted by atomic mass is 32.1. The first kappa shape index (κ1) is 17.5. The zero-order chi connectivity index (χ0) is 16.5. The standard InChI is InChI=1S/C16H26N6S/c1-4-17-16(18-8-6-15-12-23-14(3)21-15)19-10-13(2)11-22-9-5-7-20-22/h5,7,9,12-13H,4,6,8,10-11H2,1-3H3,(H2,17,18,19). The fraction of sp³-hybridized carbons (Fsp3) is 0.562. The summed E-state index contributed by atoms with van der Waals surface area (Å²) in [7, 11) is 0. The van der Waals surface area contributed by atoms with Crippen LogP contribution in [0.25, 0.3) is 0 Å². The zero-order valence-electron chi connectivity index (χ0n) is 14.1. The van der Waals surface area contributed by atoms with Crippen molar-refractivity contribution in [3.63, 3.8) is 0 Å². The molecule has 0 radical (unpaired) electrons. The first-order valence-electron chi connectivity index (χ1n) is 8.08. The second-order valence-electron chi connectivity index (χ2n) is 5.59. The van der Waals surface area contributed by atoms with Crippen molar-refractivity contribution >= 4 is 17.3 Å². The van der Waals surface area contributed by atoms with Crippen LogP contribution >= 0.6 is 11.3 Å². The van der Waals surface area contributed by atoms with Gasteiger partial charge in [0.1, 0.15) is 0 Å². The van der Waals surface area contributed by atoms with Crippen LogP contribution in [0.5, 0.6) is 0 Å². The minimum absolute atomic E-state index is 0.437. The number of nitrogens with zero attached hydrogens (tertiary/aromatic N) is 4. The summed E-state index contributed by atoms with van der Waals surface area (Å²) in [6, 6.07) is 1.95. The number of hydrogen-bond donors (Lipinski definition) is 2. The van der Waals surface area contributed by atoms with E-state index in [1.54, 1.807) is 11.3 Å². The van der Waals surface area contributed by atoms with Gasteiger partial charge < -0.3 is 10.6 Å². The number of aromatic nitrogens is 3. The minimum atomic E-state index is 0.437. The van der Waals surface area contributed by atoms with Crippen molar-refractivity contribution in [1.82, 2.24) is 25.4 Å². The summed E-state index contributed by atoms with van der Waals surface area (Å²) in [5.74, 6) is 1.30. The Morgan fingerprint density at radius 3 is 2.96 bits per heavy atom. The van der Waals surface area contributed by atoms with E-state index >= 15 is 0 Å².